The molecular weight excluding hydrogens is 219 g/mol. The molecule has 2 aliphatic rings. The highest BCUT2D eigenvalue weighted by Gasteiger charge is 2.59. The number of fused-ring (bicyclic) bond motifs is 1. The fourth-order valence-corrected chi connectivity index (χ4v) is 3.26. The number of halogens is 1. The summed E-state index contributed by atoms with van der Waals surface area (Å²) in [5.41, 5.74) is 1.02. The SMILES string of the molecule is CC1(C)C(Nc2ccc(F)nc2)C2CCOC21. The van der Waals surface area contributed by atoms with E-state index in [-0.39, 0.29) is 5.41 Å². The Kier molecular flexibility index (Phi) is 2.36. The van der Waals surface area contributed by atoms with Crippen LogP contribution in [0.15, 0.2) is 18.3 Å². The second-order valence-electron chi connectivity index (χ2n) is 5.56. The average Bonchev–Trinajstić information content (AvgIpc) is 2.75. The highest BCUT2D eigenvalue weighted by atomic mass is 19.1. The number of hydrogen-bond donors (Lipinski definition) is 1. The summed E-state index contributed by atoms with van der Waals surface area (Å²) in [6.45, 7) is 5.29. The van der Waals surface area contributed by atoms with Crippen LogP contribution in [0.3, 0.4) is 0 Å². The largest absolute Gasteiger partial charge is 0.380 e. The lowest BCUT2D eigenvalue weighted by atomic mass is 9.57. The van der Waals surface area contributed by atoms with Gasteiger partial charge >= 0.3 is 0 Å². The van der Waals surface area contributed by atoms with Crippen molar-refractivity contribution in [2.45, 2.75) is 32.4 Å². The maximum atomic E-state index is 12.7. The standard InChI is InChI=1S/C13H17FN2O/c1-13(2)11(9-5-6-17-12(9)13)16-8-3-4-10(14)15-7-8/h3-4,7,9,11-12,16H,5-6H2,1-2H3. The van der Waals surface area contributed by atoms with E-state index >= 15 is 0 Å². The van der Waals surface area contributed by atoms with Gasteiger partial charge in [-0.25, -0.2) is 4.98 Å². The van der Waals surface area contributed by atoms with Gasteiger partial charge in [-0.3, -0.25) is 0 Å². The number of nitrogens with one attached hydrogen (secondary N) is 1. The molecule has 1 saturated heterocycles. The summed E-state index contributed by atoms with van der Waals surface area (Å²) in [4.78, 5) is 3.66. The number of ether oxygens (including phenoxy) is 1. The van der Waals surface area contributed by atoms with E-state index in [1.807, 2.05) is 0 Å². The average molecular weight is 236 g/mol. The van der Waals surface area contributed by atoms with Gasteiger partial charge in [-0.15, -0.1) is 0 Å². The molecule has 0 amide bonds. The van der Waals surface area contributed by atoms with Crippen LogP contribution in [-0.4, -0.2) is 23.7 Å². The zero-order valence-corrected chi connectivity index (χ0v) is 10.1. The summed E-state index contributed by atoms with van der Waals surface area (Å²) >= 11 is 0. The van der Waals surface area contributed by atoms with E-state index < -0.39 is 5.95 Å². The fraction of sp³-hybridized carbons (Fsp3) is 0.615. The summed E-state index contributed by atoms with van der Waals surface area (Å²) in [6, 6.07) is 3.51. The van der Waals surface area contributed by atoms with Crippen molar-refractivity contribution in [2.24, 2.45) is 11.3 Å². The zero-order chi connectivity index (χ0) is 12.0. The highest BCUT2D eigenvalue weighted by Crippen LogP contribution is 2.53. The lowest BCUT2D eigenvalue weighted by Gasteiger charge is -2.55. The Morgan fingerprint density at radius 2 is 2.29 bits per heavy atom. The molecule has 3 nitrogen and oxygen atoms in total. The maximum absolute atomic E-state index is 12.7. The highest BCUT2D eigenvalue weighted by molar-refractivity contribution is 5.43. The molecule has 0 aromatic carbocycles. The molecule has 1 aromatic heterocycles. The molecular formula is C13H17FN2O. The van der Waals surface area contributed by atoms with E-state index in [9.17, 15) is 4.39 Å². The van der Waals surface area contributed by atoms with Gasteiger partial charge in [0, 0.05) is 24.0 Å². The molecule has 0 bridgehead atoms. The number of hydrogen-bond acceptors (Lipinski definition) is 3. The molecule has 1 saturated carbocycles. The molecule has 2 heterocycles. The first-order valence-electron chi connectivity index (χ1n) is 6.09. The van der Waals surface area contributed by atoms with Crippen LogP contribution in [0.4, 0.5) is 10.1 Å². The Bertz CT molecular complexity index is 418. The van der Waals surface area contributed by atoms with Gasteiger partial charge in [0.1, 0.15) is 0 Å². The van der Waals surface area contributed by atoms with Crippen molar-refractivity contribution in [1.82, 2.24) is 4.98 Å². The number of anilines is 1. The van der Waals surface area contributed by atoms with Crippen molar-refractivity contribution in [1.29, 1.82) is 0 Å². The summed E-state index contributed by atoms with van der Waals surface area (Å²) in [6.07, 6.45) is 3.03. The van der Waals surface area contributed by atoms with Gasteiger partial charge in [0.05, 0.1) is 18.0 Å². The molecule has 3 unspecified atom stereocenters. The lowest BCUT2D eigenvalue weighted by Crippen LogP contribution is -2.63. The normalized spacial score (nSPS) is 33.9. The van der Waals surface area contributed by atoms with Gasteiger partial charge in [-0.1, -0.05) is 13.8 Å². The Morgan fingerprint density at radius 3 is 3.00 bits per heavy atom. The van der Waals surface area contributed by atoms with Gasteiger partial charge in [0.25, 0.3) is 0 Å². The zero-order valence-electron chi connectivity index (χ0n) is 10.1. The van der Waals surface area contributed by atoms with Crippen LogP contribution in [0.25, 0.3) is 0 Å². The van der Waals surface area contributed by atoms with Gasteiger partial charge in [0.15, 0.2) is 0 Å². The van der Waals surface area contributed by atoms with E-state index in [4.69, 9.17) is 4.74 Å². The number of pyridine rings is 1. The smallest absolute Gasteiger partial charge is 0.212 e. The number of aromatic nitrogens is 1. The monoisotopic (exact) mass is 236 g/mol. The molecule has 1 aliphatic carbocycles. The molecule has 4 heteroatoms. The van der Waals surface area contributed by atoms with Crippen LogP contribution in [0.5, 0.6) is 0 Å². The van der Waals surface area contributed by atoms with Crippen LogP contribution in [0.2, 0.25) is 0 Å². The Balaban J connectivity index is 1.75. The van der Waals surface area contributed by atoms with E-state index in [0.717, 1.165) is 18.7 Å². The van der Waals surface area contributed by atoms with Crippen molar-refractivity contribution in [3.05, 3.63) is 24.3 Å². The molecule has 1 N–H and O–H groups in total. The fourth-order valence-electron chi connectivity index (χ4n) is 3.26. The molecule has 1 aromatic rings. The molecule has 2 fully saturated rings. The second kappa shape index (κ2) is 3.67. The van der Waals surface area contributed by atoms with E-state index in [0.29, 0.717) is 18.1 Å². The number of rotatable bonds is 2. The van der Waals surface area contributed by atoms with Crippen LogP contribution < -0.4 is 5.32 Å². The van der Waals surface area contributed by atoms with Crippen molar-refractivity contribution in [3.63, 3.8) is 0 Å². The van der Waals surface area contributed by atoms with Crippen LogP contribution in [0, 0.1) is 17.3 Å². The topological polar surface area (TPSA) is 34.2 Å². The Morgan fingerprint density at radius 1 is 1.47 bits per heavy atom. The van der Waals surface area contributed by atoms with E-state index in [1.54, 1.807) is 12.3 Å². The third-order valence-corrected chi connectivity index (χ3v) is 4.15. The van der Waals surface area contributed by atoms with Gasteiger partial charge in [-0.2, -0.15) is 4.39 Å². The Labute approximate surface area is 100 Å². The van der Waals surface area contributed by atoms with E-state index in [1.165, 1.54) is 6.07 Å². The van der Waals surface area contributed by atoms with Crippen LogP contribution in [0.1, 0.15) is 20.3 Å². The first-order valence-corrected chi connectivity index (χ1v) is 6.09. The molecule has 17 heavy (non-hydrogen) atoms. The minimum atomic E-state index is -0.439. The summed E-state index contributed by atoms with van der Waals surface area (Å²) in [5, 5.41) is 3.46. The molecule has 0 radical (unpaired) electrons. The van der Waals surface area contributed by atoms with E-state index in [2.05, 4.69) is 24.1 Å². The van der Waals surface area contributed by atoms with Gasteiger partial charge in [-0.05, 0) is 18.6 Å². The molecule has 3 atom stereocenters. The van der Waals surface area contributed by atoms with Crippen molar-refractivity contribution >= 4 is 5.69 Å². The minimum Gasteiger partial charge on any atom is -0.380 e. The summed E-state index contributed by atoms with van der Waals surface area (Å²) in [7, 11) is 0. The Hall–Kier alpha value is -1.16. The molecule has 3 rings (SSSR count). The van der Waals surface area contributed by atoms with Gasteiger partial charge < -0.3 is 10.1 Å². The predicted molar refractivity (Wildman–Crippen MR) is 63.2 cm³/mol. The third-order valence-electron chi connectivity index (χ3n) is 4.15. The quantitative estimate of drug-likeness (QED) is 0.801. The summed E-state index contributed by atoms with van der Waals surface area (Å²) < 4.78 is 18.5. The molecule has 92 valence electrons. The second-order valence-corrected chi connectivity index (χ2v) is 5.56. The van der Waals surface area contributed by atoms with Crippen molar-refractivity contribution in [3.8, 4) is 0 Å². The predicted octanol–water partition coefficient (Wildman–Crippen LogP) is 2.45. The third kappa shape index (κ3) is 1.62. The van der Waals surface area contributed by atoms with Crippen molar-refractivity contribution < 1.29 is 9.13 Å². The van der Waals surface area contributed by atoms with Crippen molar-refractivity contribution in [2.75, 3.05) is 11.9 Å². The molecule has 1 aliphatic heterocycles. The first kappa shape index (κ1) is 11.0. The first-order chi connectivity index (χ1) is 8.09. The summed E-state index contributed by atoms with van der Waals surface area (Å²) in [5.74, 6) is 0.139. The lowest BCUT2D eigenvalue weighted by molar-refractivity contribution is -0.0923. The molecule has 0 spiro atoms. The van der Waals surface area contributed by atoms with Crippen LogP contribution in [-0.2, 0) is 4.74 Å². The van der Waals surface area contributed by atoms with Gasteiger partial charge in [0.2, 0.25) is 5.95 Å². The van der Waals surface area contributed by atoms with Crippen LogP contribution >= 0.6 is 0 Å². The minimum absolute atomic E-state index is 0.134. The number of nitrogens with zero attached hydrogens (tertiary/aromatic N) is 1. The maximum Gasteiger partial charge on any atom is 0.212 e.